The number of carboxylic acid groups (broad SMARTS) is 1. The number of carboxylic acids is 1. The van der Waals surface area contributed by atoms with E-state index < -0.39 is 5.97 Å². The van der Waals surface area contributed by atoms with E-state index >= 15 is 0 Å². The maximum Gasteiger partial charge on any atom is 0.315 e. The molecule has 104 valence electrons. The van der Waals surface area contributed by atoms with Crippen LogP contribution in [0.25, 0.3) is 0 Å². The van der Waals surface area contributed by atoms with E-state index in [1.807, 2.05) is 13.8 Å². The minimum Gasteiger partial charge on any atom is -0.481 e. The Labute approximate surface area is 108 Å². The molecule has 0 aliphatic heterocycles. The highest BCUT2D eigenvalue weighted by Gasteiger charge is 2.24. The second-order valence-electron chi connectivity index (χ2n) is 5.31. The average molecular weight is 256 g/mol. The summed E-state index contributed by atoms with van der Waals surface area (Å²) in [6.07, 6.45) is 4.46. The van der Waals surface area contributed by atoms with Crippen molar-refractivity contribution in [3.63, 3.8) is 0 Å². The number of rotatable bonds is 8. The van der Waals surface area contributed by atoms with Crippen LogP contribution in [0.2, 0.25) is 0 Å². The summed E-state index contributed by atoms with van der Waals surface area (Å²) in [4.78, 5) is 22.2. The summed E-state index contributed by atoms with van der Waals surface area (Å²) in [6, 6.07) is 0.00374. The third-order valence-corrected chi connectivity index (χ3v) is 3.35. The molecule has 1 aliphatic carbocycles. The summed E-state index contributed by atoms with van der Waals surface area (Å²) >= 11 is 0. The molecule has 0 aromatic heterocycles. The maximum absolute atomic E-state index is 11.6. The zero-order valence-electron chi connectivity index (χ0n) is 11.2. The van der Waals surface area contributed by atoms with Gasteiger partial charge in [0.05, 0.1) is 0 Å². The van der Waals surface area contributed by atoms with Crippen LogP contribution < -0.4 is 10.6 Å². The van der Waals surface area contributed by atoms with Crippen molar-refractivity contribution in [1.82, 2.24) is 10.6 Å². The van der Waals surface area contributed by atoms with Crippen molar-refractivity contribution in [3.05, 3.63) is 0 Å². The van der Waals surface area contributed by atoms with Gasteiger partial charge in [0.1, 0.15) is 0 Å². The number of urea groups is 1. The number of hydrogen-bond acceptors (Lipinski definition) is 2. The Bertz CT molecular complexity index is 290. The first-order chi connectivity index (χ1) is 8.51. The third-order valence-electron chi connectivity index (χ3n) is 3.35. The third kappa shape index (κ3) is 6.47. The van der Waals surface area contributed by atoms with Crippen molar-refractivity contribution in [3.8, 4) is 0 Å². The molecule has 5 nitrogen and oxygen atoms in total. The monoisotopic (exact) mass is 256 g/mol. The Morgan fingerprint density at radius 2 is 2.06 bits per heavy atom. The number of hydrogen-bond donors (Lipinski definition) is 3. The second kappa shape index (κ2) is 7.24. The van der Waals surface area contributed by atoms with Crippen LogP contribution in [0, 0.1) is 11.8 Å². The molecule has 2 atom stereocenters. The van der Waals surface area contributed by atoms with Gasteiger partial charge >= 0.3 is 12.0 Å². The lowest BCUT2D eigenvalue weighted by molar-refractivity contribution is -0.138. The molecule has 0 radical (unpaired) electrons. The summed E-state index contributed by atoms with van der Waals surface area (Å²) in [6.45, 7) is 4.36. The molecule has 0 aromatic carbocycles. The molecule has 2 amide bonds. The van der Waals surface area contributed by atoms with Crippen molar-refractivity contribution < 1.29 is 14.7 Å². The largest absolute Gasteiger partial charge is 0.481 e. The lowest BCUT2D eigenvalue weighted by Gasteiger charge is -2.17. The predicted octanol–water partition coefficient (Wildman–Crippen LogP) is 1.98. The Balaban J connectivity index is 2.15. The van der Waals surface area contributed by atoms with Gasteiger partial charge in [0.15, 0.2) is 0 Å². The fourth-order valence-corrected chi connectivity index (χ4v) is 2.03. The van der Waals surface area contributed by atoms with Gasteiger partial charge in [0.25, 0.3) is 0 Å². The molecule has 1 saturated carbocycles. The van der Waals surface area contributed by atoms with Crippen molar-refractivity contribution in [2.45, 2.75) is 52.0 Å². The zero-order chi connectivity index (χ0) is 13.5. The van der Waals surface area contributed by atoms with Gasteiger partial charge < -0.3 is 15.7 Å². The minimum absolute atomic E-state index is 0.00647. The Morgan fingerprint density at radius 3 is 2.56 bits per heavy atom. The van der Waals surface area contributed by atoms with E-state index in [4.69, 9.17) is 5.11 Å². The average Bonchev–Trinajstić information content (AvgIpc) is 3.07. The van der Waals surface area contributed by atoms with Gasteiger partial charge in [0.2, 0.25) is 0 Å². The predicted molar refractivity (Wildman–Crippen MR) is 69.4 cm³/mol. The van der Waals surface area contributed by atoms with E-state index in [9.17, 15) is 9.59 Å². The van der Waals surface area contributed by atoms with E-state index in [1.54, 1.807) is 0 Å². The minimum atomic E-state index is -0.814. The summed E-state index contributed by atoms with van der Waals surface area (Å²) in [5.74, 6) is -0.0196. The lowest BCUT2D eigenvalue weighted by atomic mass is 10.0. The number of amides is 2. The summed E-state index contributed by atoms with van der Waals surface area (Å²) in [5.41, 5.74) is 0. The van der Waals surface area contributed by atoms with Crippen LogP contribution in [0.15, 0.2) is 0 Å². The normalized spacial score (nSPS) is 17.9. The maximum atomic E-state index is 11.6. The topological polar surface area (TPSA) is 78.4 Å². The first-order valence-corrected chi connectivity index (χ1v) is 6.77. The van der Waals surface area contributed by atoms with Crippen LogP contribution in [-0.2, 0) is 4.79 Å². The molecule has 18 heavy (non-hydrogen) atoms. The van der Waals surface area contributed by atoms with Gasteiger partial charge in [-0.25, -0.2) is 4.79 Å². The highest BCUT2D eigenvalue weighted by molar-refractivity contribution is 5.74. The van der Waals surface area contributed by atoms with E-state index in [0.717, 1.165) is 18.8 Å². The van der Waals surface area contributed by atoms with Gasteiger partial charge in [-0.3, -0.25) is 4.79 Å². The lowest BCUT2D eigenvalue weighted by Crippen LogP contribution is -2.42. The first-order valence-electron chi connectivity index (χ1n) is 6.77. The van der Waals surface area contributed by atoms with E-state index in [1.165, 1.54) is 12.8 Å². The molecule has 1 fully saturated rings. The van der Waals surface area contributed by atoms with Crippen LogP contribution in [-0.4, -0.2) is 29.7 Å². The molecule has 0 spiro atoms. The molecule has 0 aromatic rings. The number of carbonyl (C=O) groups excluding carboxylic acids is 1. The smallest absolute Gasteiger partial charge is 0.315 e. The quantitative estimate of drug-likeness (QED) is 0.621. The van der Waals surface area contributed by atoms with Gasteiger partial charge in [0, 0.05) is 19.0 Å². The molecule has 0 saturated heterocycles. The van der Waals surface area contributed by atoms with Crippen LogP contribution in [0.5, 0.6) is 0 Å². The molecule has 1 aliphatic rings. The first kappa shape index (κ1) is 14.8. The fourth-order valence-electron chi connectivity index (χ4n) is 2.03. The van der Waals surface area contributed by atoms with Crippen molar-refractivity contribution in [2.24, 2.45) is 11.8 Å². The van der Waals surface area contributed by atoms with Crippen LogP contribution >= 0.6 is 0 Å². The van der Waals surface area contributed by atoms with Gasteiger partial charge in [-0.1, -0.05) is 26.2 Å². The molecular formula is C13H24N2O3. The molecule has 0 bridgehead atoms. The highest BCUT2D eigenvalue weighted by Crippen LogP contribution is 2.33. The number of nitrogens with one attached hydrogen (secondary N) is 2. The molecule has 1 rings (SSSR count). The second-order valence-corrected chi connectivity index (χ2v) is 5.31. The van der Waals surface area contributed by atoms with Gasteiger partial charge in [-0.2, -0.15) is 0 Å². The number of aliphatic carboxylic acids is 1. The van der Waals surface area contributed by atoms with Gasteiger partial charge in [-0.05, 0) is 25.2 Å². The van der Waals surface area contributed by atoms with Crippen LogP contribution in [0.4, 0.5) is 4.79 Å². The van der Waals surface area contributed by atoms with Crippen molar-refractivity contribution in [2.75, 3.05) is 6.54 Å². The fraction of sp³-hybridized carbons (Fsp3) is 0.846. The van der Waals surface area contributed by atoms with E-state index in [2.05, 4.69) is 10.6 Å². The molecule has 2 unspecified atom stereocenters. The standard InChI is InChI=1S/C13H24N2O3/c1-3-10(7-12(16)17)8-14-13(18)15-9(2)6-11-4-5-11/h9-11H,3-8H2,1-2H3,(H,16,17)(H2,14,15,18). The summed E-state index contributed by atoms with van der Waals surface area (Å²) < 4.78 is 0. The molecule has 3 N–H and O–H groups in total. The SMILES string of the molecule is CCC(CNC(=O)NC(C)CC1CC1)CC(=O)O. The zero-order valence-corrected chi connectivity index (χ0v) is 11.2. The Hall–Kier alpha value is -1.26. The van der Waals surface area contributed by atoms with Crippen molar-refractivity contribution >= 4 is 12.0 Å². The molecule has 0 heterocycles. The van der Waals surface area contributed by atoms with Crippen LogP contribution in [0.1, 0.15) is 46.0 Å². The van der Waals surface area contributed by atoms with Gasteiger partial charge in [-0.15, -0.1) is 0 Å². The van der Waals surface area contributed by atoms with Crippen LogP contribution in [0.3, 0.4) is 0 Å². The van der Waals surface area contributed by atoms with E-state index in [0.29, 0.717) is 6.54 Å². The summed E-state index contributed by atoms with van der Waals surface area (Å²) in [5, 5.41) is 14.3. The van der Waals surface area contributed by atoms with E-state index in [-0.39, 0.29) is 24.4 Å². The Kier molecular flexibility index (Phi) is 5.95. The molecule has 5 heteroatoms. The highest BCUT2D eigenvalue weighted by atomic mass is 16.4. The number of carbonyl (C=O) groups is 2. The summed E-state index contributed by atoms with van der Waals surface area (Å²) in [7, 11) is 0. The molecular weight excluding hydrogens is 232 g/mol. The van der Waals surface area contributed by atoms with Crippen molar-refractivity contribution in [1.29, 1.82) is 0 Å². The Morgan fingerprint density at radius 1 is 1.39 bits per heavy atom.